The topological polar surface area (TPSA) is 77.1 Å². The van der Waals surface area contributed by atoms with E-state index in [1.54, 1.807) is 4.90 Å². The van der Waals surface area contributed by atoms with Crippen molar-refractivity contribution >= 4 is 11.8 Å². The predicted molar refractivity (Wildman–Crippen MR) is 76.4 cm³/mol. The Morgan fingerprint density at radius 1 is 1.14 bits per heavy atom. The van der Waals surface area contributed by atoms with E-state index >= 15 is 0 Å². The van der Waals surface area contributed by atoms with Gasteiger partial charge in [0.1, 0.15) is 6.42 Å². The lowest BCUT2D eigenvalue weighted by Crippen LogP contribution is -2.42. The Balaban J connectivity index is 1.46. The van der Waals surface area contributed by atoms with E-state index in [0.717, 1.165) is 5.56 Å². The molecule has 2 amide bonds. The average molecular weight is 306 g/mol. The van der Waals surface area contributed by atoms with Crippen LogP contribution in [0.2, 0.25) is 0 Å². The molecule has 0 radical (unpaired) electrons. The average Bonchev–Trinajstić information content (AvgIpc) is 3.01. The molecule has 2 aliphatic heterocycles. The quantitative estimate of drug-likeness (QED) is 0.809. The number of nitrogens with one attached hydrogen (secondary N) is 1. The van der Waals surface area contributed by atoms with Gasteiger partial charge in [0.25, 0.3) is 0 Å². The summed E-state index contributed by atoms with van der Waals surface area (Å²) in [4.78, 5) is 25.5. The molecule has 0 unspecified atom stereocenters. The molecule has 0 aliphatic carbocycles. The smallest absolute Gasteiger partial charge is 0.232 e. The van der Waals surface area contributed by atoms with Crippen molar-refractivity contribution in [2.45, 2.75) is 13.0 Å². The summed E-state index contributed by atoms with van der Waals surface area (Å²) in [7, 11) is 0. The Morgan fingerprint density at radius 3 is 2.73 bits per heavy atom. The van der Waals surface area contributed by atoms with Crippen molar-refractivity contribution in [3.63, 3.8) is 0 Å². The molecule has 1 saturated heterocycles. The highest BCUT2D eigenvalue weighted by Crippen LogP contribution is 2.32. The Bertz CT molecular complexity index is 569. The second-order valence-electron chi connectivity index (χ2n) is 5.13. The zero-order chi connectivity index (χ0) is 15.4. The number of morpholine rings is 1. The van der Waals surface area contributed by atoms with Crippen molar-refractivity contribution in [2.24, 2.45) is 0 Å². The van der Waals surface area contributed by atoms with Crippen LogP contribution in [0.15, 0.2) is 18.2 Å². The highest BCUT2D eigenvalue weighted by molar-refractivity contribution is 5.96. The summed E-state index contributed by atoms with van der Waals surface area (Å²) in [5.41, 5.74) is 0.899. The molecule has 2 aliphatic rings. The van der Waals surface area contributed by atoms with Gasteiger partial charge in [-0.15, -0.1) is 0 Å². The molecule has 7 nitrogen and oxygen atoms in total. The van der Waals surface area contributed by atoms with Crippen LogP contribution < -0.4 is 14.8 Å². The molecule has 2 heterocycles. The Labute approximate surface area is 128 Å². The first kappa shape index (κ1) is 14.6. The summed E-state index contributed by atoms with van der Waals surface area (Å²) >= 11 is 0. The van der Waals surface area contributed by atoms with Crippen LogP contribution in [-0.4, -0.2) is 49.8 Å². The minimum absolute atomic E-state index is 0.134. The summed E-state index contributed by atoms with van der Waals surface area (Å²) in [6, 6.07) is 5.49. The number of rotatable bonds is 4. The fourth-order valence-electron chi connectivity index (χ4n) is 2.38. The summed E-state index contributed by atoms with van der Waals surface area (Å²) in [6.07, 6.45) is -0.134. The number of hydrogen-bond donors (Lipinski definition) is 1. The minimum Gasteiger partial charge on any atom is -0.454 e. The van der Waals surface area contributed by atoms with Crippen LogP contribution in [0, 0.1) is 0 Å². The maximum atomic E-state index is 11.9. The van der Waals surface area contributed by atoms with E-state index in [0.29, 0.717) is 44.3 Å². The van der Waals surface area contributed by atoms with E-state index < -0.39 is 0 Å². The van der Waals surface area contributed by atoms with Gasteiger partial charge in [-0.25, -0.2) is 0 Å². The van der Waals surface area contributed by atoms with Crippen LogP contribution in [0.1, 0.15) is 12.0 Å². The standard InChI is InChI=1S/C15H18N2O5/c18-14(8-15(19)17-3-5-20-6-4-17)16-9-11-1-2-12-13(7-11)22-10-21-12/h1-2,7H,3-6,8-10H2,(H,16,18). The van der Waals surface area contributed by atoms with E-state index in [2.05, 4.69) is 5.32 Å². The molecule has 22 heavy (non-hydrogen) atoms. The van der Waals surface area contributed by atoms with Gasteiger partial charge in [-0.3, -0.25) is 9.59 Å². The zero-order valence-corrected chi connectivity index (χ0v) is 12.2. The SMILES string of the molecule is O=C(CC(=O)N1CCOCC1)NCc1ccc2c(c1)OCO2. The highest BCUT2D eigenvalue weighted by atomic mass is 16.7. The summed E-state index contributed by atoms with van der Waals surface area (Å²) in [5, 5.41) is 2.75. The van der Waals surface area contributed by atoms with E-state index in [1.807, 2.05) is 18.2 Å². The predicted octanol–water partition coefficient (Wildman–Crippen LogP) is 0.280. The van der Waals surface area contributed by atoms with E-state index in [4.69, 9.17) is 14.2 Å². The van der Waals surface area contributed by atoms with Crippen LogP contribution >= 0.6 is 0 Å². The number of ether oxygens (including phenoxy) is 3. The third-order valence-corrected chi connectivity index (χ3v) is 3.60. The number of fused-ring (bicyclic) bond motifs is 1. The molecule has 0 bridgehead atoms. The lowest BCUT2D eigenvalue weighted by Gasteiger charge is -2.26. The van der Waals surface area contributed by atoms with Gasteiger partial charge in [-0.1, -0.05) is 6.07 Å². The maximum Gasteiger partial charge on any atom is 0.232 e. The van der Waals surface area contributed by atoms with Crippen molar-refractivity contribution in [3.8, 4) is 11.5 Å². The van der Waals surface area contributed by atoms with E-state index in [-0.39, 0.29) is 25.0 Å². The van der Waals surface area contributed by atoms with Crippen molar-refractivity contribution in [3.05, 3.63) is 23.8 Å². The van der Waals surface area contributed by atoms with Gasteiger partial charge in [0.15, 0.2) is 11.5 Å². The van der Waals surface area contributed by atoms with E-state index in [1.165, 1.54) is 0 Å². The monoisotopic (exact) mass is 306 g/mol. The maximum absolute atomic E-state index is 11.9. The summed E-state index contributed by atoms with van der Waals surface area (Å²) in [6.45, 7) is 2.74. The number of nitrogens with zero attached hydrogens (tertiary/aromatic N) is 1. The molecule has 7 heteroatoms. The zero-order valence-electron chi connectivity index (χ0n) is 12.2. The molecule has 0 atom stereocenters. The number of carbonyl (C=O) groups excluding carboxylic acids is 2. The first-order valence-electron chi connectivity index (χ1n) is 7.23. The van der Waals surface area contributed by atoms with Gasteiger partial charge in [0.2, 0.25) is 18.6 Å². The number of amides is 2. The highest BCUT2D eigenvalue weighted by Gasteiger charge is 2.19. The molecule has 118 valence electrons. The molecule has 1 aromatic carbocycles. The second-order valence-corrected chi connectivity index (χ2v) is 5.13. The molecular weight excluding hydrogens is 288 g/mol. The Hall–Kier alpha value is -2.28. The van der Waals surface area contributed by atoms with Gasteiger partial charge in [0.05, 0.1) is 13.2 Å². The van der Waals surface area contributed by atoms with Crippen LogP contribution in [0.5, 0.6) is 11.5 Å². The molecular formula is C15H18N2O5. The summed E-state index contributed by atoms with van der Waals surface area (Å²) < 4.78 is 15.7. The first-order chi connectivity index (χ1) is 10.7. The number of carbonyl (C=O) groups is 2. The van der Waals surface area contributed by atoms with Crippen LogP contribution in [0.25, 0.3) is 0 Å². The first-order valence-corrected chi connectivity index (χ1v) is 7.23. The van der Waals surface area contributed by atoms with Crippen molar-refractivity contribution in [1.82, 2.24) is 10.2 Å². The molecule has 0 spiro atoms. The van der Waals surface area contributed by atoms with Gasteiger partial charge < -0.3 is 24.4 Å². The third-order valence-electron chi connectivity index (χ3n) is 3.60. The van der Waals surface area contributed by atoms with Crippen LogP contribution in [0.3, 0.4) is 0 Å². The molecule has 1 fully saturated rings. The second kappa shape index (κ2) is 6.65. The van der Waals surface area contributed by atoms with Crippen LogP contribution in [0.4, 0.5) is 0 Å². The largest absolute Gasteiger partial charge is 0.454 e. The van der Waals surface area contributed by atoms with Gasteiger partial charge in [0, 0.05) is 19.6 Å². The molecule has 1 aromatic rings. The van der Waals surface area contributed by atoms with Gasteiger partial charge in [-0.05, 0) is 17.7 Å². The van der Waals surface area contributed by atoms with Crippen molar-refractivity contribution in [2.75, 3.05) is 33.1 Å². The van der Waals surface area contributed by atoms with Crippen LogP contribution in [-0.2, 0) is 20.9 Å². The third kappa shape index (κ3) is 3.48. The molecule has 0 saturated carbocycles. The molecule has 3 rings (SSSR count). The molecule has 0 aromatic heterocycles. The number of benzene rings is 1. The van der Waals surface area contributed by atoms with Crippen molar-refractivity contribution < 1.29 is 23.8 Å². The molecule has 1 N–H and O–H groups in total. The Kier molecular flexibility index (Phi) is 4.43. The number of hydrogen-bond acceptors (Lipinski definition) is 5. The van der Waals surface area contributed by atoms with Gasteiger partial charge in [-0.2, -0.15) is 0 Å². The van der Waals surface area contributed by atoms with Crippen molar-refractivity contribution in [1.29, 1.82) is 0 Å². The Morgan fingerprint density at radius 2 is 1.91 bits per heavy atom. The van der Waals surface area contributed by atoms with Gasteiger partial charge >= 0.3 is 0 Å². The normalized spacial score (nSPS) is 16.5. The van der Waals surface area contributed by atoms with E-state index in [9.17, 15) is 9.59 Å². The lowest BCUT2D eigenvalue weighted by molar-refractivity contribution is -0.139. The summed E-state index contributed by atoms with van der Waals surface area (Å²) in [5.74, 6) is 0.939. The fourth-order valence-corrected chi connectivity index (χ4v) is 2.38. The minimum atomic E-state index is -0.283. The lowest BCUT2D eigenvalue weighted by atomic mass is 10.2. The fraction of sp³-hybridized carbons (Fsp3) is 0.467.